The lowest BCUT2D eigenvalue weighted by Crippen LogP contribution is -2.39. The van der Waals surface area contributed by atoms with Gasteiger partial charge < -0.3 is 10.1 Å². The van der Waals surface area contributed by atoms with Crippen LogP contribution in [0.5, 0.6) is 5.88 Å². The van der Waals surface area contributed by atoms with Gasteiger partial charge in [0.15, 0.2) is 29.1 Å². The lowest BCUT2D eigenvalue weighted by atomic mass is 9.83. The monoisotopic (exact) mass is 594 g/mol. The largest absolute Gasteiger partial charge is 0.475 e. The Bertz CT molecular complexity index is 1480. The first-order valence-electron chi connectivity index (χ1n) is 14.1. The molecule has 3 aromatic rings. The third kappa shape index (κ3) is 7.92. The fraction of sp³-hybridized carbons (Fsp3) is 0.312. The van der Waals surface area contributed by atoms with Crippen molar-refractivity contribution in [1.82, 2.24) is 20.2 Å². The second-order valence-corrected chi connectivity index (χ2v) is 10.6. The Labute approximate surface area is 246 Å². The number of nitrogens with zero attached hydrogens (tertiary/aromatic N) is 3. The first-order valence-corrected chi connectivity index (χ1v) is 14.1. The van der Waals surface area contributed by atoms with Crippen LogP contribution in [0.3, 0.4) is 0 Å². The Hall–Kier alpha value is -4.38. The van der Waals surface area contributed by atoms with Gasteiger partial charge in [-0.15, -0.1) is 0 Å². The predicted molar refractivity (Wildman–Crippen MR) is 152 cm³/mol. The van der Waals surface area contributed by atoms with Gasteiger partial charge in [-0.3, -0.25) is 14.5 Å². The fourth-order valence-electron chi connectivity index (χ4n) is 5.18. The average Bonchev–Trinajstić information content (AvgIpc) is 3.00. The third-order valence-electron chi connectivity index (χ3n) is 7.39. The molecule has 1 saturated carbocycles. The van der Waals surface area contributed by atoms with Gasteiger partial charge in [0, 0.05) is 23.7 Å². The number of Topliss-reactive ketones (excluding diaryl/α,β-unsaturated/α-hetero) is 1. The number of ketones is 1. The maximum atomic E-state index is 13.8. The molecule has 7 nitrogen and oxygen atoms in total. The molecule has 0 unspecified atom stereocenters. The van der Waals surface area contributed by atoms with E-state index in [1.807, 2.05) is 0 Å². The van der Waals surface area contributed by atoms with Crippen molar-refractivity contribution in [3.05, 3.63) is 100 Å². The highest BCUT2D eigenvalue weighted by Crippen LogP contribution is 2.29. The number of benzene rings is 2. The van der Waals surface area contributed by atoms with E-state index in [1.165, 1.54) is 55.9 Å². The number of nitrogens with one attached hydrogen (secondary N) is 1. The van der Waals surface area contributed by atoms with E-state index >= 15 is 0 Å². The maximum Gasteiger partial charge on any atom is 0.271 e. The quantitative estimate of drug-likeness (QED) is 0.273. The predicted octanol–water partition coefficient (Wildman–Crippen LogP) is 5.53. The highest BCUT2D eigenvalue weighted by Gasteiger charge is 2.29. The zero-order valence-electron chi connectivity index (χ0n) is 23.3. The van der Waals surface area contributed by atoms with Gasteiger partial charge in [-0.05, 0) is 86.3 Å². The minimum atomic E-state index is -1.07. The van der Waals surface area contributed by atoms with Crippen LogP contribution in [0.1, 0.15) is 53.7 Å². The van der Waals surface area contributed by atoms with Gasteiger partial charge in [-0.1, -0.05) is 18.6 Å². The summed E-state index contributed by atoms with van der Waals surface area (Å²) in [5.74, 6) is -4.85. The summed E-state index contributed by atoms with van der Waals surface area (Å²) < 4.78 is 60.3. The molecular weight excluding hydrogens is 564 g/mol. The standard InChI is InChI=1S/C32H30F4N4O3/c33-25-6-4-20(14-27(25)35)12-22-16-24(17-23(31(22)41)13-21-5-7-26(34)28(36)15-21)39-32(42)29-18-38-30(19-37-29)43-11-10-40-8-2-1-3-9-40/h4-7,12-15,18-19,24H,1-3,8-11,16-17H2,(H,39,42)/b22-12+,23-13+. The van der Waals surface area contributed by atoms with Crippen molar-refractivity contribution in [3.8, 4) is 5.88 Å². The highest BCUT2D eigenvalue weighted by atomic mass is 19.2. The van der Waals surface area contributed by atoms with Crippen molar-refractivity contribution in [2.45, 2.75) is 38.1 Å². The number of carbonyl (C=O) groups is 2. The van der Waals surface area contributed by atoms with E-state index in [-0.39, 0.29) is 40.8 Å². The SMILES string of the molecule is O=C1/C(=C/c2ccc(F)c(F)c2)CC(NC(=O)c2cnc(OCCN3CCCCC3)cn2)C/C1=C\c1ccc(F)c(F)c1. The molecule has 2 aliphatic rings. The molecule has 1 saturated heterocycles. The zero-order chi connectivity index (χ0) is 30.3. The number of likely N-dealkylation sites (tertiary alicyclic amines) is 1. The molecule has 2 aromatic carbocycles. The van der Waals surface area contributed by atoms with Gasteiger partial charge in [0.05, 0.1) is 12.4 Å². The lowest BCUT2D eigenvalue weighted by molar-refractivity contribution is -0.113. The lowest BCUT2D eigenvalue weighted by Gasteiger charge is -2.26. The number of hydrogen-bond donors (Lipinski definition) is 1. The molecule has 5 rings (SSSR count). The number of carbonyl (C=O) groups excluding carboxylic acids is 2. The van der Waals surface area contributed by atoms with Crippen molar-refractivity contribution in [1.29, 1.82) is 0 Å². The fourth-order valence-corrected chi connectivity index (χ4v) is 5.18. The first kappa shape index (κ1) is 30.1. The van der Waals surface area contributed by atoms with E-state index in [0.29, 0.717) is 12.5 Å². The van der Waals surface area contributed by atoms with Crippen molar-refractivity contribution in [2.24, 2.45) is 0 Å². The molecule has 0 atom stereocenters. The molecular formula is C32H30F4N4O3. The third-order valence-corrected chi connectivity index (χ3v) is 7.39. The van der Waals surface area contributed by atoms with Crippen LogP contribution in [-0.4, -0.2) is 58.8 Å². The topological polar surface area (TPSA) is 84.4 Å². The number of piperidine rings is 1. The second kappa shape index (κ2) is 13.7. The summed E-state index contributed by atoms with van der Waals surface area (Å²) in [7, 11) is 0. The molecule has 0 spiro atoms. The van der Waals surface area contributed by atoms with Crippen LogP contribution >= 0.6 is 0 Å². The number of rotatable bonds is 8. The smallest absolute Gasteiger partial charge is 0.271 e. The van der Waals surface area contributed by atoms with Gasteiger partial charge in [0.1, 0.15) is 12.3 Å². The van der Waals surface area contributed by atoms with Crippen LogP contribution in [0.4, 0.5) is 17.6 Å². The van der Waals surface area contributed by atoms with Gasteiger partial charge in [-0.25, -0.2) is 27.5 Å². The molecule has 224 valence electrons. The summed E-state index contributed by atoms with van der Waals surface area (Å²) in [6.07, 6.45) is 9.30. The van der Waals surface area contributed by atoms with E-state index in [4.69, 9.17) is 4.74 Å². The molecule has 1 N–H and O–H groups in total. The number of hydrogen-bond acceptors (Lipinski definition) is 6. The van der Waals surface area contributed by atoms with E-state index in [1.54, 1.807) is 0 Å². The van der Waals surface area contributed by atoms with Crippen LogP contribution < -0.4 is 10.1 Å². The van der Waals surface area contributed by atoms with Crippen molar-refractivity contribution in [2.75, 3.05) is 26.2 Å². The summed E-state index contributed by atoms with van der Waals surface area (Å²) in [5, 5.41) is 2.84. The van der Waals surface area contributed by atoms with Crippen LogP contribution in [0.15, 0.2) is 59.9 Å². The van der Waals surface area contributed by atoms with Crippen LogP contribution in [0, 0.1) is 23.3 Å². The van der Waals surface area contributed by atoms with Crippen molar-refractivity contribution >= 4 is 23.8 Å². The normalized spacial score (nSPS) is 19.5. The molecule has 1 amide bonds. The molecule has 0 bridgehead atoms. The minimum Gasteiger partial charge on any atom is -0.475 e. The van der Waals surface area contributed by atoms with Gasteiger partial charge in [-0.2, -0.15) is 0 Å². The van der Waals surface area contributed by atoms with Gasteiger partial charge in [0.2, 0.25) is 5.88 Å². The Morgan fingerprint density at radius 2 is 1.47 bits per heavy atom. The van der Waals surface area contributed by atoms with Gasteiger partial charge >= 0.3 is 0 Å². The molecule has 1 aliphatic carbocycles. The minimum absolute atomic E-state index is 0.0394. The van der Waals surface area contributed by atoms with E-state index in [9.17, 15) is 27.2 Å². The number of aromatic nitrogens is 2. The molecule has 2 heterocycles. The van der Waals surface area contributed by atoms with E-state index in [2.05, 4.69) is 20.2 Å². The molecule has 1 aliphatic heterocycles. The summed E-state index contributed by atoms with van der Waals surface area (Å²) in [5.41, 5.74) is 0.990. The summed E-state index contributed by atoms with van der Waals surface area (Å²) >= 11 is 0. The van der Waals surface area contributed by atoms with E-state index in [0.717, 1.165) is 43.9 Å². The molecule has 11 heteroatoms. The van der Waals surface area contributed by atoms with E-state index < -0.39 is 41.0 Å². The number of halogens is 4. The van der Waals surface area contributed by atoms with Crippen LogP contribution in [0.2, 0.25) is 0 Å². The Balaban J connectivity index is 1.30. The molecule has 43 heavy (non-hydrogen) atoms. The van der Waals surface area contributed by atoms with Crippen LogP contribution in [0.25, 0.3) is 12.2 Å². The zero-order valence-corrected chi connectivity index (χ0v) is 23.3. The summed E-state index contributed by atoms with van der Waals surface area (Å²) in [4.78, 5) is 37.1. The summed E-state index contributed by atoms with van der Waals surface area (Å²) in [6, 6.07) is 5.87. The molecule has 1 aromatic heterocycles. The van der Waals surface area contributed by atoms with Crippen LogP contribution in [-0.2, 0) is 4.79 Å². The van der Waals surface area contributed by atoms with Gasteiger partial charge in [0.25, 0.3) is 5.91 Å². The van der Waals surface area contributed by atoms with Crippen molar-refractivity contribution in [3.63, 3.8) is 0 Å². The number of ether oxygens (including phenoxy) is 1. The number of amides is 1. The molecule has 0 radical (unpaired) electrons. The average molecular weight is 595 g/mol. The first-order chi connectivity index (χ1) is 20.7. The Morgan fingerprint density at radius 1 is 0.860 bits per heavy atom. The van der Waals surface area contributed by atoms with Crippen molar-refractivity contribution < 1.29 is 31.9 Å². The maximum absolute atomic E-state index is 13.8. The molecule has 2 fully saturated rings. The summed E-state index contributed by atoms with van der Waals surface area (Å²) in [6.45, 7) is 3.34. The Morgan fingerprint density at radius 3 is 2.00 bits per heavy atom. The Kier molecular flexibility index (Phi) is 9.61. The highest BCUT2D eigenvalue weighted by molar-refractivity contribution is 6.14. The second-order valence-electron chi connectivity index (χ2n) is 10.6.